The van der Waals surface area contributed by atoms with E-state index in [1.54, 1.807) is 32.4 Å². The lowest BCUT2D eigenvalue weighted by Crippen LogP contribution is -2.11. The van der Waals surface area contributed by atoms with Crippen LogP contribution in [-0.4, -0.2) is 30.3 Å². The molecule has 7 heteroatoms. The van der Waals surface area contributed by atoms with Gasteiger partial charge in [-0.2, -0.15) is 0 Å². The molecule has 0 saturated heterocycles. The highest BCUT2D eigenvalue weighted by Crippen LogP contribution is 2.36. The molecule has 0 aliphatic carbocycles. The molecule has 4 aromatic rings. The van der Waals surface area contributed by atoms with Gasteiger partial charge in [0.1, 0.15) is 11.5 Å². The lowest BCUT2D eigenvalue weighted by atomic mass is 10.0. The van der Waals surface area contributed by atoms with Crippen LogP contribution in [0.25, 0.3) is 21.7 Å². The van der Waals surface area contributed by atoms with Crippen molar-refractivity contribution in [1.29, 1.82) is 0 Å². The predicted molar refractivity (Wildman–Crippen MR) is 118 cm³/mol. The first-order valence-corrected chi connectivity index (χ1v) is 10.0. The van der Waals surface area contributed by atoms with Crippen molar-refractivity contribution in [1.82, 2.24) is 10.2 Å². The largest absolute Gasteiger partial charge is 0.497 e. The Morgan fingerprint density at radius 3 is 2.30 bits per heavy atom. The number of methoxy groups -OCH3 is 2. The molecule has 0 fully saturated rings. The van der Waals surface area contributed by atoms with Crippen molar-refractivity contribution in [3.05, 3.63) is 78.4 Å². The van der Waals surface area contributed by atoms with Crippen LogP contribution in [0.5, 0.6) is 11.5 Å². The summed E-state index contributed by atoms with van der Waals surface area (Å²) in [7, 11) is 3.18. The first-order chi connectivity index (χ1) is 14.7. The van der Waals surface area contributed by atoms with Gasteiger partial charge in [-0.15, -0.1) is 10.2 Å². The summed E-state index contributed by atoms with van der Waals surface area (Å²) in [5.74, 6) is 1.08. The Labute approximate surface area is 178 Å². The Balaban J connectivity index is 1.49. The number of hydrogen-bond donors (Lipinski definition) is 1. The molecule has 0 unspecified atom stereocenters. The van der Waals surface area contributed by atoms with Crippen LogP contribution < -0.4 is 14.8 Å². The smallest absolute Gasteiger partial charge is 0.257 e. The summed E-state index contributed by atoms with van der Waals surface area (Å²) >= 11 is 1.28. The number of anilines is 1. The number of hydrogen-bond acceptors (Lipinski definition) is 6. The van der Waals surface area contributed by atoms with Crippen LogP contribution in [0.2, 0.25) is 0 Å². The van der Waals surface area contributed by atoms with Crippen LogP contribution in [0.15, 0.2) is 72.8 Å². The highest BCUT2D eigenvalue weighted by molar-refractivity contribution is 7.18. The van der Waals surface area contributed by atoms with Gasteiger partial charge in [0.25, 0.3) is 5.91 Å². The third-order valence-corrected chi connectivity index (χ3v) is 5.41. The van der Waals surface area contributed by atoms with Crippen molar-refractivity contribution in [2.24, 2.45) is 0 Å². The average Bonchev–Trinajstić information content (AvgIpc) is 3.27. The second-order valence-electron chi connectivity index (χ2n) is 6.38. The van der Waals surface area contributed by atoms with E-state index in [-0.39, 0.29) is 5.91 Å². The molecular weight excluding hydrogens is 398 g/mol. The molecule has 1 heterocycles. The maximum atomic E-state index is 12.6. The number of nitrogens with one attached hydrogen (secondary N) is 1. The van der Waals surface area contributed by atoms with E-state index < -0.39 is 0 Å². The molecule has 6 nitrogen and oxygen atoms in total. The van der Waals surface area contributed by atoms with Crippen molar-refractivity contribution in [2.45, 2.75) is 0 Å². The number of benzene rings is 3. The zero-order chi connectivity index (χ0) is 20.9. The maximum absolute atomic E-state index is 12.6. The summed E-state index contributed by atoms with van der Waals surface area (Å²) in [6.45, 7) is 0. The molecule has 30 heavy (non-hydrogen) atoms. The van der Waals surface area contributed by atoms with Crippen molar-refractivity contribution in [3.63, 3.8) is 0 Å². The zero-order valence-electron chi connectivity index (χ0n) is 16.5. The van der Waals surface area contributed by atoms with Crippen LogP contribution in [-0.2, 0) is 0 Å². The van der Waals surface area contributed by atoms with Gasteiger partial charge in [-0.05, 0) is 35.4 Å². The molecule has 1 amide bonds. The van der Waals surface area contributed by atoms with Gasteiger partial charge in [0.2, 0.25) is 5.13 Å². The molecule has 0 aliphatic rings. The molecule has 0 radical (unpaired) electrons. The third-order valence-electron chi connectivity index (χ3n) is 4.54. The molecule has 1 aromatic heterocycles. The minimum atomic E-state index is -0.237. The number of nitrogens with zero attached hydrogens (tertiary/aromatic N) is 2. The topological polar surface area (TPSA) is 73.3 Å². The summed E-state index contributed by atoms with van der Waals surface area (Å²) in [4.78, 5) is 12.6. The molecule has 0 saturated carbocycles. The lowest BCUT2D eigenvalue weighted by molar-refractivity contribution is 0.102. The monoisotopic (exact) mass is 417 g/mol. The number of rotatable bonds is 6. The summed E-state index contributed by atoms with van der Waals surface area (Å²) < 4.78 is 10.6. The lowest BCUT2D eigenvalue weighted by Gasteiger charge is -2.07. The van der Waals surface area contributed by atoms with Crippen molar-refractivity contribution in [3.8, 4) is 33.2 Å². The Kier molecular flexibility index (Phi) is 5.72. The van der Waals surface area contributed by atoms with Gasteiger partial charge in [0.05, 0.1) is 19.8 Å². The molecule has 0 atom stereocenters. The quantitative estimate of drug-likeness (QED) is 0.470. The van der Waals surface area contributed by atoms with E-state index >= 15 is 0 Å². The minimum absolute atomic E-state index is 0.237. The van der Waals surface area contributed by atoms with Crippen LogP contribution in [0.1, 0.15) is 10.4 Å². The van der Waals surface area contributed by atoms with E-state index in [9.17, 15) is 4.79 Å². The maximum Gasteiger partial charge on any atom is 0.257 e. The standard InChI is InChI=1S/C23H19N3O3S/c1-28-18-12-13-19(20(14-18)29-2)22-25-26-23(30-22)24-21(27)17-10-8-16(9-11-17)15-6-4-3-5-7-15/h3-14H,1-2H3,(H,24,26,27). The zero-order valence-corrected chi connectivity index (χ0v) is 17.3. The number of carbonyl (C=O) groups is 1. The first kappa shape index (κ1) is 19.6. The van der Waals surface area contributed by atoms with Gasteiger partial charge < -0.3 is 9.47 Å². The van der Waals surface area contributed by atoms with Crippen molar-refractivity contribution < 1.29 is 14.3 Å². The van der Waals surface area contributed by atoms with Crippen LogP contribution in [0, 0.1) is 0 Å². The number of amides is 1. The predicted octanol–water partition coefficient (Wildman–Crippen LogP) is 5.14. The fourth-order valence-electron chi connectivity index (χ4n) is 2.97. The Bertz CT molecular complexity index is 1160. The number of ether oxygens (including phenoxy) is 2. The van der Waals surface area contributed by atoms with Gasteiger partial charge in [-0.3, -0.25) is 10.1 Å². The average molecular weight is 417 g/mol. The second kappa shape index (κ2) is 8.75. The summed E-state index contributed by atoms with van der Waals surface area (Å²) in [5, 5.41) is 12.1. The fourth-order valence-corrected chi connectivity index (χ4v) is 3.74. The summed E-state index contributed by atoms with van der Waals surface area (Å²) in [6.07, 6.45) is 0. The van der Waals surface area contributed by atoms with Gasteiger partial charge in [-0.1, -0.05) is 53.8 Å². The highest BCUT2D eigenvalue weighted by atomic mass is 32.1. The van der Waals surface area contributed by atoms with Crippen LogP contribution >= 0.6 is 11.3 Å². The minimum Gasteiger partial charge on any atom is -0.497 e. The third kappa shape index (κ3) is 4.16. The van der Waals surface area contributed by atoms with Gasteiger partial charge in [0, 0.05) is 11.6 Å². The van der Waals surface area contributed by atoms with Crippen LogP contribution in [0.3, 0.4) is 0 Å². The molecule has 150 valence electrons. The molecule has 0 spiro atoms. The van der Waals surface area contributed by atoms with E-state index in [1.807, 2.05) is 54.6 Å². The van der Waals surface area contributed by atoms with Gasteiger partial charge >= 0.3 is 0 Å². The van der Waals surface area contributed by atoms with Crippen LogP contribution in [0.4, 0.5) is 5.13 Å². The molecule has 4 rings (SSSR count). The highest BCUT2D eigenvalue weighted by Gasteiger charge is 2.15. The van der Waals surface area contributed by atoms with E-state index in [2.05, 4.69) is 15.5 Å². The van der Waals surface area contributed by atoms with Gasteiger partial charge in [0.15, 0.2) is 5.01 Å². The van der Waals surface area contributed by atoms with E-state index in [4.69, 9.17) is 9.47 Å². The van der Waals surface area contributed by atoms with E-state index in [0.717, 1.165) is 16.7 Å². The molecule has 1 N–H and O–H groups in total. The normalized spacial score (nSPS) is 10.5. The summed E-state index contributed by atoms with van der Waals surface area (Å²) in [5.41, 5.74) is 3.49. The molecular formula is C23H19N3O3S. The second-order valence-corrected chi connectivity index (χ2v) is 7.35. The SMILES string of the molecule is COc1ccc(-c2nnc(NC(=O)c3ccc(-c4ccccc4)cc3)s2)c(OC)c1. The Morgan fingerprint density at radius 1 is 0.867 bits per heavy atom. The summed E-state index contributed by atoms with van der Waals surface area (Å²) in [6, 6.07) is 22.9. The molecule has 0 aliphatic heterocycles. The Hall–Kier alpha value is -3.71. The van der Waals surface area contributed by atoms with Crippen molar-refractivity contribution >= 4 is 22.4 Å². The van der Waals surface area contributed by atoms with E-state index in [0.29, 0.717) is 27.2 Å². The first-order valence-electron chi connectivity index (χ1n) is 9.20. The van der Waals surface area contributed by atoms with Crippen molar-refractivity contribution in [2.75, 3.05) is 19.5 Å². The Morgan fingerprint density at radius 2 is 1.60 bits per heavy atom. The molecule has 0 bridgehead atoms. The molecule has 3 aromatic carbocycles. The number of carbonyl (C=O) groups excluding carboxylic acids is 1. The number of aromatic nitrogens is 2. The van der Waals surface area contributed by atoms with Gasteiger partial charge in [-0.25, -0.2) is 0 Å². The van der Waals surface area contributed by atoms with E-state index in [1.165, 1.54) is 11.3 Å². The fraction of sp³-hybridized carbons (Fsp3) is 0.0870.